The molecule has 1 aliphatic carbocycles. The van der Waals surface area contributed by atoms with E-state index in [0.29, 0.717) is 6.04 Å². The van der Waals surface area contributed by atoms with Gasteiger partial charge in [0.15, 0.2) is 0 Å². The van der Waals surface area contributed by atoms with E-state index >= 15 is 0 Å². The van der Waals surface area contributed by atoms with Crippen LogP contribution in [0.4, 0.5) is 0 Å². The SMILES string of the molecule is Cc1cc(C)cc(CSCCC(C#N)NC2CC2)c1. The van der Waals surface area contributed by atoms with Crippen LogP contribution in [0.3, 0.4) is 0 Å². The lowest BCUT2D eigenvalue weighted by atomic mass is 10.1. The molecule has 1 unspecified atom stereocenters. The molecule has 0 aliphatic heterocycles. The summed E-state index contributed by atoms with van der Waals surface area (Å²) in [7, 11) is 0. The molecule has 0 bridgehead atoms. The quantitative estimate of drug-likeness (QED) is 0.772. The summed E-state index contributed by atoms with van der Waals surface area (Å²) < 4.78 is 0. The predicted molar refractivity (Wildman–Crippen MR) is 82.3 cm³/mol. The number of hydrogen-bond acceptors (Lipinski definition) is 3. The summed E-state index contributed by atoms with van der Waals surface area (Å²) in [5.41, 5.74) is 4.06. The Morgan fingerprint density at radius 2 is 2.00 bits per heavy atom. The largest absolute Gasteiger partial charge is 0.299 e. The molecule has 1 aromatic rings. The number of benzene rings is 1. The summed E-state index contributed by atoms with van der Waals surface area (Å²) in [6, 6.07) is 9.74. The van der Waals surface area contributed by atoms with Gasteiger partial charge in [-0.2, -0.15) is 17.0 Å². The van der Waals surface area contributed by atoms with E-state index in [4.69, 9.17) is 5.26 Å². The number of hydrogen-bond donors (Lipinski definition) is 1. The maximum absolute atomic E-state index is 9.07. The second-order valence-corrected chi connectivity index (χ2v) is 6.57. The third kappa shape index (κ3) is 5.26. The first-order valence-corrected chi connectivity index (χ1v) is 8.13. The van der Waals surface area contributed by atoms with Gasteiger partial charge in [0.25, 0.3) is 0 Å². The van der Waals surface area contributed by atoms with E-state index in [1.807, 2.05) is 11.8 Å². The molecule has 1 atom stereocenters. The average Bonchev–Trinajstić information content (AvgIpc) is 3.15. The van der Waals surface area contributed by atoms with Crippen molar-refractivity contribution in [3.8, 4) is 6.07 Å². The highest BCUT2D eigenvalue weighted by Crippen LogP contribution is 2.21. The third-order valence-corrected chi connectivity index (χ3v) is 4.33. The van der Waals surface area contributed by atoms with Gasteiger partial charge in [-0.05, 0) is 44.4 Å². The second kappa shape index (κ2) is 6.98. The Bertz CT molecular complexity index is 440. The van der Waals surface area contributed by atoms with Gasteiger partial charge >= 0.3 is 0 Å². The zero-order valence-electron chi connectivity index (χ0n) is 11.8. The topological polar surface area (TPSA) is 35.8 Å². The van der Waals surface area contributed by atoms with Crippen LogP contribution in [0.15, 0.2) is 18.2 Å². The Labute approximate surface area is 120 Å². The zero-order valence-corrected chi connectivity index (χ0v) is 12.6. The Hall–Kier alpha value is -0.980. The first-order chi connectivity index (χ1) is 9.17. The van der Waals surface area contributed by atoms with Crippen LogP contribution in [0.5, 0.6) is 0 Å². The lowest BCUT2D eigenvalue weighted by Crippen LogP contribution is -2.29. The molecule has 0 radical (unpaired) electrons. The maximum atomic E-state index is 9.07. The van der Waals surface area contributed by atoms with Crippen LogP contribution in [-0.4, -0.2) is 17.8 Å². The minimum absolute atomic E-state index is 0.0410. The van der Waals surface area contributed by atoms with Gasteiger partial charge in [0.2, 0.25) is 0 Å². The lowest BCUT2D eigenvalue weighted by molar-refractivity contribution is 0.587. The zero-order chi connectivity index (χ0) is 13.7. The number of nitrogens with zero attached hydrogens (tertiary/aromatic N) is 1. The van der Waals surface area contributed by atoms with Crippen LogP contribution in [0.25, 0.3) is 0 Å². The van der Waals surface area contributed by atoms with E-state index < -0.39 is 0 Å². The van der Waals surface area contributed by atoms with E-state index in [1.54, 1.807) is 0 Å². The van der Waals surface area contributed by atoms with Crippen molar-refractivity contribution in [2.45, 2.75) is 50.9 Å². The number of aryl methyl sites for hydroxylation is 2. The molecule has 0 aromatic heterocycles. The fourth-order valence-electron chi connectivity index (χ4n) is 2.26. The first-order valence-electron chi connectivity index (χ1n) is 6.98. The molecule has 1 aliphatic rings. The molecule has 0 spiro atoms. The average molecular weight is 274 g/mol. The Morgan fingerprint density at radius 1 is 1.32 bits per heavy atom. The van der Waals surface area contributed by atoms with Gasteiger partial charge in [-0.25, -0.2) is 0 Å². The van der Waals surface area contributed by atoms with E-state index in [-0.39, 0.29) is 6.04 Å². The molecular weight excluding hydrogens is 252 g/mol. The summed E-state index contributed by atoms with van der Waals surface area (Å²) >= 11 is 1.92. The highest BCUT2D eigenvalue weighted by atomic mass is 32.2. The standard InChI is InChI=1S/C16H22N2S/c1-12-7-13(2)9-14(8-12)11-19-6-5-16(10-17)18-15-3-4-15/h7-9,15-16,18H,3-6,11H2,1-2H3. The highest BCUT2D eigenvalue weighted by Gasteiger charge is 2.24. The molecule has 2 nitrogen and oxygen atoms in total. The van der Waals surface area contributed by atoms with Crippen molar-refractivity contribution >= 4 is 11.8 Å². The lowest BCUT2D eigenvalue weighted by Gasteiger charge is -2.10. The summed E-state index contributed by atoms with van der Waals surface area (Å²) in [4.78, 5) is 0. The van der Waals surface area contributed by atoms with Gasteiger partial charge in [-0.1, -0.05) is 29.3 Å². The summed E-state index contributed by atoms with van der Waals surface area (Å²) in [6.07, 6.45) is 3.43. The van der Waals surface area contributed by atoms with Gasteiger partial charge in [0, 0.05) is 11.8 Å². The molecule has 0 saturated heterocycles. The van der Waals surface area contributed by atoms with Crippen molar-refractivity contribution in [1.29, 1.82) is 5.26 Å². The first kappa shape index (κ1) is 14.4. The van der Waals surface area contributed by atoms with Crippen molar-refractivity contribution in [2.75, 3.05) is 5.75 Å². The fraction of sp³-hybridized carbons (Fsp3) is 0.562. The number of rotatable bonds is 7. The molecule has 2 rings (SSSR count). The molecule has 0 amide bonds. The Morgan fingerprint density at radius 3 is 2.58 bits per heavy atom. The van der Waals surface area contributed by atoms with Crippen molar-refractivity contribution in [1.82, 2.24) is 5.32 Å². The van der Waals surface area contributed by atoms with Crippen LogP contribution in [-0.2, 0) is 5.75 Å². The normalized spacial score (nSPS) is 16.1. The van der Waals surface area contributed by atoms with Gasteiger partial charge in [0.05, 0.1) is 12.1 Å². The number of nitrogens with one attached hydrogen (secondary N) is 1. The van der Waals surface area contributed by atoms with Crippen molar-refractivity contribution in [3.63, 3.8) is 0 Å². The molecule has 0 heterocycles. The minimum atomic E-state index is 0.0410. The molecule has 19 heavy (non-hydrogen) atoms. The minimum Gasteiger partial charge on any atom is -0.299 e. The molecule has 1 saturated carbocycles. The monoisotopic (exact) mass is 274 g/mol. The molecule has 1 fully saturated rings. The van der Waals surface area contributed by atoms with Crippen LogP contribution in [0, 0.1) is 25.2 Å². The summed E-state index contributed by atoms with van der Waals surface area (Å²) in [6.45, 7) is 4.29. The maximum Gasteiger partial charge on any atom is 0.0963 e. The molecule has 1 N–H and O–H groups in total. The summed E-state index contributed by atoms with van der Waals surface area (Å²) in [5.74, 6) is 2.09. The summed E-state index contributed by atoms with van der Waals surface area (Å²) in [5, 5.41) is 12.5. The van der Waals surface area contributed by atoms with Crippen LogP contribution in [0.2, 0.25) is 0 Å². The van der Waals surface area contributed by atoms with Crippen LogP contribution < -0.4 is 5.32 Å². The van der Waals surface area contributed by atoms with Gasteiger partial charge in [-0.3, -0.25) is 5.32 Å². The Kier molecular flexibility index (Phi) is 5.30. The van der Waals surface area contributed by atoms with Gasteiger partial charge < -0.3 is 0 Å². The van der Waals surface area contributed by atoms with Crippen molar-refractivity contribution < 1.29 is 0 Å². The van der Waals surface area contributed by atoms with Crippen molar-refractivity contribution in [3.05, 3.63) is 34.9 Å². The molecule has 1 aromatic carbocycles. The van der Waals surface area contributed by atoms with E-state index in [0.717, 1.165) is 17.9 Å². The van der Waals surface area contributed by atoms with Gasteiger partial charge in [-0.15, -0.1) is 0 Å². The van der Waals surface area contributed by atoms with Crippen molar-refractivity contribution in [2.24, 2.45) is 0 Å². The third-order valence-electron chi connectivity index (χ3n) is 3.27. The smallest absolute Gasteiger partial charge is 0.0963 e. The van der Waals surface area contributed by atoms with Gasteiger partial charge in [0.1, 0.15) is 0 Å². The predicted octanol–water partition coefficient (Wildman–Crippen LogP) is 3.57. The fourth-order valence-corrected chi connectivity index (χ4v) is 3.21. The number of thioether (sulfide) groups is 1. The molecule has 3 heteroatoms. The van der Waals surface area contributed by atoms with E-state index in [2.05, 4.69) is 43.4 Å². The number of nitriles is 1. The van der Waals surface area contributed by atoms with Crippen LogP contribution in [0.1, 0.15) is 36.0 Å². The highest BCUT2D eigenvalue weighted by molar-refractivity contribution is 7.98. The van der Waals surface area contributed by atoms with Crippen LogP contribution >= 0.6 is 11.8 Å². The molecule has 102 valence electrons. The van der Waals surface area contributed by atoms with E-state index in [1.165, 1.54) is 29.5 Å². The Balaban J connectivity index is 1.69. The van der Waals surface area contributed by atoms with E-state index in [9.17, 15) is 0 Å². The molecular formula is C16H22N2S. The second-order valence-electron chi connectivity index (χ2n) is 5.46.